The van der Waals surface area contributed by atoms with E-state index < -0.39 is 17.5 Å². The van der Waals surface area contributed by atoms with Gasteiger partial charge in [0.15, 0.2) is 0 Å². The smallest absolute Gasteiger partial charge is 0.325 e. The molecule has 172 valence electrons. The molecule has 33 heavy (non-hydrogen) atoms. The predicted molar refractivity (Wildman–Crippen MR) is 120 cm³/mol. The lowest BCUT2D eigenvalue weighted by molar-refractivity contribution is -0.135. The molecule has 2 heterocycles. The summed E-state index contributed by atoms with van der Waals surface area (Å²) in [5.74, 6) is 0.707. The zero-order valence-electron chi connectivity index (χ0n) is 18.8. The van der Waals surface area contributed by atoms with Gasteiger partial charge in [-0.15, -0.1) is 0 Å². The van der Waals surface area contributed by atoms with Crippen molar-refractivity contribution >= 4 is 17.8 Å². The van der Waals surface area contributed by atoms with E-state index in [4.69, 9.17) is 9.47 Å². The second kappa shape index (κ2) is 8.10. The number of carbonyl (C=O) groups is 3. The molecule has 1 spiro atoms. The fraction of sp³-hybridized carbons (Fsp3) is 0.400. The Morgan fingerprint density at radius 1 is 1.27 bits per heavy atom. The minimum atomic E-state index is -1.07. The van der Waals surface area contributed by atoms with Gasteiger partial charge in [0.2, 0.25) is 5.91 Å². The minimum absolute atomic E-state index is 0.104. The van der Waals surface area contributed by atoms with Gasteiger partial charge >= 0.3 is 6.03 Å². The molecule has 8 nitrogen and oxygen atoms in total. The van der Waals surface area contributed by atoms with E-state index in [1.807, 2.05) is 50.2 Å². The number of urea groups is 1. The summed E-state index contributed by atoms with van der Waals surface area (Å²) in [6.07, 6.45) is 2.13. The maximum atomic E-state index is 13.2. The van der Waals surface area contributed by atoms with Crippen molar-refractivity contribution in [3.05, 3.63) is 58.7 Å². The van der Waals surface area contributed by atoms with Gasteiger partial charge in [-0.25, -0.2) is 4.79 Å². The number of nitrogens with one attached hydrogen (secondary N) is 2. The largest absolute Gasteiger partial charge is 0.494 e. The van der Waals surface area contributed by atoms with Crippen molar-refractivity contribution in [3.8, 4) is 11.5 Å². The Kier molecular flexibility index (Phi) is 5.23. The van der Waals surface area contributed by atoms with Crippen LogP contribution in [0.4, 0.5) is 4.79 Å². The van der Waals surface area contributed by atoms with Crippen molar-refractivity contribution in [1.82, 2.24) is 15.5 Å². The van der Waals surface area contributed by atoms with Gasteiger partial charge < -0.3 is 20.1 Å². The summed E-state index contributed by atoms with van der Waals surface area (Å²) in [7, 11) is 0. The maximum absolute atomic E-state index is 13.2. The molecule has 0 aromatic heterocycles. The summed E-state index contributed by atoms with van der Waals surface area (Å²) in [6.45, 7) is 4.29. The van der Waals surface area contributed by atoms with Crippen LogP contribution in [0.2, 0.25) is 0 Å². The van der Waals surface area contributed by atoms with Crippen molar-refractivity contribution in [1.29, 1.82) is 0 Å². The molecule has 1 saturated heterocycles. The molecule has 2 atom stereocenters. The molecule has 0 bridgehead atoms. The number of carbonyl (C=O) groups excluding carboxylic acids is 3. The maximum Gasteiger partial charge on any atom is 0.325 e. The van der Waals surface area contributed by atoms with Crippen LogP contribution >= 0.6 is 0 Å². The summed E-state index contributed by atoms with van der Waals surface area (Å²) < 4.78 is 11.6. The quantitative estimate of drug-likeness (QED) is 0.661. The molecule has 0 radical (unpaired) electrons. The van der Waals surface area contributed by atoms with Crippen LogP contribution in [-0.2, 0) is 34.5 Å². The third-order valence-electron chi connectivity index (χ3n) is 6.58. The van der Waals surface area contributed by atoms with E-state index in [0.717, 1.165) is 39.3 Å². The first-order valence-corrected chi connectivity index (χ1v) is 11.4. The van der Waals surface area contributed by atoms with Gasteiger partial charge in [-0.1, -0.05) is 24.3 Å². The Balaban J connectivity index is 1.27. The first-order chi connectivity index (χ1) is 15.9. The van der Waals surface area contributed by atoms with Gasteiger partial charge in [0, 0.05) is 24.1 Å². The number of ether oxygens (including phenoxy) is 2. The first kappa shape index (κ1) is 21.3. The lowest BCUT2D eigenvalue weighted by Crippen LogP contribution is -2.43. The van der Waals surface area contributed by atoms with E-state index in [-0.39, 0.29) is 25.1 Å². The molecular formula is C25H27N3O5. The highest BCUT2D eigenvalue weighted by molar-refractivity contribution is 6.09. The number of benzene rings is 2. The lowest BCUT2D eigenvalue weighted by Gasteiger charge is -2.22. The van der Waals surface area contributed by atoms with Crippen LogP contribution in [-0.4, -0.2) is 42.0 Å². The highest BCUT2D eigenvalue weighted by Gasteiger charge is 2.55. The van der Waals surface area contributed by atoms with Crippen LogP contribution in [0.5, 0.6) is 11.5 Å². The average molecular weight is 450 g/mol. The number of rotatable bonds is 6. The molecule has 2 aliphatic heterocycles. The molecule has 4 amide bonds. The Bertz CT molecular complexity index is 1150. The minimum Gasteiger partial charge on any atom is -0.494 e. The summed E-state index contributed by atoms with van der Waals surface area (Å²) >= 11 is 0. The Morgan fingerprint density at radius 2 is 2.09 bits per heavy atom. The third-order valence-corrected chi connectivity index (χ3v) is 6.58. The summed E-state index contributed by atoms with van der Waals surface area (Å²) in [5.41, 5.74) is 2.68. The Hall–Kier alpha value is -3.55. The highest BCUT2D eigenvalue weighted by atomic mass is 16.5. The summed E-state index contributed by atoms with van der Waals surface area (Å²) in [6, 6.07) is 10.9. The van der Waals surface area contributed by atoms with Crippen molar-refractivity contribution in [2.45, 2.75) is 51.3 Å². The molecular weight excluding hydrogens is 422 g/mol. The standard InChI is InChI=1S/C25H27N3O5/c1-3-32-20-11-17-10-15(2)33-21(17)12-18(20)13-26-22(29)14-28-23(30)25(27-24(28)31)9-8-16-6-4-5-7-19(16)25/h4-7,11-12,15H,3,8-10,13-14H2,1-2H3,(H,26,29)(H,27,31). The second-order valence-corrected chi connectivity index (χ2v) is 8.79. The van der Waals surface area contributed by atoms with Crippen LogP contribution in [0.25, 0.3) is 0 Å². The Morgan fingerprint density at radius 3 is 2.91 bits per heavy atom. The first-order valence-electron chi connectivity index (χ1n) is 11.4. The molecule has 3 aliphatic rings. The van der Waals surface area contributed by atoms with E-state index in [1.165, 1.54) is 0 Å². The third kappa shape index (κ3) is 3.59. The van der Waals surface area contributed by atoms with Gasteiger partial charge in [0.25, 0.3) is 5.91 Å². The van der Waals surface area contributed by atoms with Crippen molar-refractivity contribution in [2.24, 2.45) is 0 Å². The number of hydrogen-bond acceptors (Lipinski definition) is 5. The topological polar surface area (TPSA) is 97.0 Å². The number of nitrogens with zero attached hydrogens (tertiary/aromatic N) is 1. The highest BCUT2D eigenvalue weighted by Crippen LogP contribution is 2.41. The van der Waals surface area contributed by atoms with Crippen LogP contribution < -0.4 is 20.1 Å². The molecule has 0 saturated carbocycles. The van der Waals surface area contributed by atoms with Gasteiger partial charge in [0.1, 0.15) is 29.7 Å². The van der Waals surface area contributed by atoms with E-state index in [2.05, 4.69) is 10.6 Å². The number of fused-ring (bicyclic) bond motifs is 3. The normalized spacial score (nSPS) is 22.7. The number of hydrogen-bond donors (Lipinski definition) is 2. The van der Waals surface area contributed by atoms with Crippen molar-refractivity contribution in [3.63, 3.8) is 0 Å². The monoisotopic (exact) mass is 449 g/mol. The molecule has 2 aromatic carbocycles. The van der Waals surface area contributed by atoms with Gasteiger partial charge in [0.05, 0.1) is 6.61 Å². The summed E-state index contributed by atoms with van der Waals surface area (Å²) in [4.78, 5) is 39.6. The van der Waals surface area contributed by atoms with Crippen LogP contribution in [0, 0.1) is 0 Å². The van der Waals surface area contributed by atoms with Crippen LogP contribution in [0.15, 0.2) is 36.4 Å². The van der Waals surface area contributed by atoms with E-state index in [0.29, 0.717) is 25.2 Å². The predicted octanol–water partition coefficient (Wildman–Crippen LogP) is 2.42. The molecule has 1 aliphatic carbocycles. The fourth-order valence-corrected chi connectivity index (χ4v) is 5.04. The average Bonchev–Trinajstić information content (AvgIpc) is 3.42. The number of imide groups is 1. The van der Waals surface area contributed by atoms with Crippen molar-refractivity contribution in [2.75, 3.05) is 13.2 Å². The fourth-order valence-electron chi connectivity index (χ4n) is 5.04. The summed E-state index contributed by atoms with van der Waals surface area (Å²) in [5, 5.41) is 5.66. The lowest BCUT2D eigenvalue weighted by atomic mass is 9.92. The molecule has 8 heteroatoms. The molecule has 1 fully saturated rings. The number of amides is 4. The zero-order chi connectivity index (χ0) is 23.2. The number of aryl methyl sites for hydroxylation is 1. The molecule has 2 aromatic rings. The Labute approximate surface area is 192 Å². The molecule has 2 N–H and O–H groups in total. The zero-order valence-corrected chi connectivity index (χ0v) is 18.8. The van der Waals surface area contributed by atoms with Gasteiger partial charge in [-0.2, -0.15) is 0 Å². The molecule has 5 rings (SSSR count). The van der Waals surface area contributed by atoms with Gasteiger partial charge in [-0.3, -0.25) is 14.5 Å². The van der Waals surface area contributed by atoms with E-state index >= 15 is 0 Å². The SMILES string of the molecule is CCOc1cc2c(cc1CNC(=O)CN1C(=O)NC3(CCc4ccccc43)C1=O)OC(C)C2. The van der Waals surface area contributed by atoms with E-state index in [9.17, 15) is 14.4 Å². The second-order valence-electron chi connectivity index (χ2n) is 8.79. The van der Waals surface area contributed by atoms with Crippen LogP contribution in [0.3, 0.4) is 0 Å². The van der Waals surface area contributed by atoms with Crippen LogP contribution in [0.1, 0.15) is 42.5 Å². The molecule has 2 unspecified atom stereocenters. The van der Waals surface area contributed by atoms with E-state index in [1.54, 1.807) is 0 Å². The van der Waals surface area contributed by atoms with Crippen molar-refractivity contribution < 1.29 is 23.9 Å². The van der Waals surface area contributed by atoms with Gasteiger partial charge in [-0.05, 0) is 49.9 Å².